The fraction of sp³-hybridized carbons (Fsp3) is 0.364. The molecular weight excluding hydrogens is 313 g/mol. The van der Waals surface area contributed by atoms with E-state index < -0.39 is 16.0 Å². The molecule has 1 aromatic carbocycles. The van der Waals surface area contributed by atoms with Crippen molar-refractivity contribution in [3.05, 3.63) is 33.8 Å². The normalized spacial score (nSPS) is 11.8. The van der Waals surface area contributed by atoms with Gasteiger partial charge in [-0.25, -0.2) is 12.7 Å². The van der Waals surface area contributed by atoms with E-state index in [-0.39, 0.29) is 23.7 Å². The van der Waals surface area contributed by atoms with Gasteiger partial charge in [-0.05, 0) is 17.7 Å². The van der Waals surface area contributed by atoms with Gasteiger partial charge in [-0.15, -0.1) is 0 Å². The van der Waals surface area contributed by atoms with Gasteiger partial charge in [0.1, 0.15) is 0 Å². The van der Waals surface area contributed by atoms with Gasteiger partial charge in [0, 0.05) is 13.6 Å². The number of carboxylic acid groups (broad SMARTS) is 1. The number of carbonyl (C=O) groups is 1. The van der Waals surface area contributed by atoms with Crippen molar-refractivity contribution in [3.8, 4) is 0 Å². The van der Waals surface area contributed by atoms with Crippen LogP contribution in [0.1, 0.15) is 12.0 Å². The summed E-state index contributed by atoms with van der Waals surface area (Å²) in [5.74, 6) is -1.29. The highest BCUT2D eigenvalue weighted by molar-refractivity contribution is 7.88. The molecule has 0 aliphatic heterocycles. The van der Waals surface area contributed by atoms with Crippen LogP contribution < -0.4 is 0 Å². The first-order chi connectivity index (χ1) is 8.72. The first-order valence-electron chi connectivity index (χ1n) is 5.32. The summed E-state index contributed by atoms with van der Waals surface area (Å²) in [6, 6.07) is 4.56. The molecule has 8 heteroatoms. The number of halogens is 2. The van der Waals surface area contributed by atoms with Gasteiger partial charge in [0.2, 0.25) is 10.0 Å². The van der Waals surface area contributed by atoms with Gasteiger partial charge in [0.05, 0.1) is 22.2 Å². The molecule has 1 rings (SSSR count). The third-order valence-corrected chi connectivity index (χ3v) is 5.02. The summed E-state index contributed by atoms with van der Waals surface area (Å²) in [6.45, 7) is -0.0704. The zero-order valence-electron chi connectivity index (χ0n) is 10.1. The summed E-state index contributed by atoms with van der Waals surface area (Å²) >= 11 is 11.5. The Kier molecular flexibility index (Phi) is 5.61. The van der Waals surface area contributed by atoms with Crippen molar-refractivity contribution in [2.75, 3.05) is 13.6 Å². The molecule has 106 valence electrons. The van der Waals surface area contributed by atoms with Crippen molar-refractivity contribution in [1.82, 2.24) is 4.31 Å². The quantitative estimate of drug-likeness (QED) is 0.870. The first kappa shape index (κ1) is 16.2. The van der Waals surface area contributed by atoms with Gasteiger partial charge < -0.3 is 5.11 Å². The van der Waals surface area contributed by atoms with Crippen molar-refractivity contribution in [1.29, 1.82) is 0 Å². The largest absolute Gasteiger partial charge is 0.481 e. The molecule has 0 saturated carbocycles. The van der Waals surface area contributed by atoms with Crippen LogP contribution in [0.3, 0.4) is 0 Å². The zero-order chi connectivity index (χ0) is 14.6. The SMILES string of the molecule is CN(CCC(=O)O)S(=O)(=O)Cc1ccc(Cl)c(Cl)c1. The van der Waals surface area contributed by atoms with Crippen LogP contribution in [0.25, 0.3) is 0 Å². The van der Waals surface area contributed by atoms with Crippen molar-refractivity contribution in [2.45, 2.75) is 12.2 Å². The van der Waals surface area contributed by atoms with Crippen molar-refractivity contribution in [3.63, 3.8) is 0 Å². The number of hydrogen-bond acceptors (Lipinski definition) is 3. The van der Waals surface area contributed by atoms with Crippen LogP contribution in [0.2, 0.25) is 10.0 Å². The second kappa shape index (κ2) is 6.56. The molecule has 0 heterocycles. The zero-order valence-corrected chi connectivity index (χ0v) is 12.5. The van der Waals surface area contributed by atoms with E-state index >= 15 is 0 Å². The molecule has 0 bridgehead atoms. The van der Waals surface area contributed by atoms with Crippen LogP contribution in [0.5, 0.6) is 0 Å². The van der Waals surface area contributed by atoms with E-state index in [0.717, 1.165) is 4.31 Å². The van der Waals surface area contributed by atoms with E-state index in [0.29, 0.717) is 10.6 Å². The smallest absolute Gasteiger partial charge is 0.304 e. The number of hydrogen-bond donors (Lipinski definition) is 1. The maximum absolute atomic E-state index is 12.0. The second-order valence-corrected chi connectivity index (χ2v) is 6.86. The molecule has 1 N–H and O–H groups in total. The minimum atomic E-state index is -3.57. The minimum absolute atomic E-state index is 0.0704. The predicted octanol–water partition coefficient (Wildman–Crippen LogP) is 2.23. The van der Waals surface area contributed by atoms with Gasteiger partial charge in [-0.1, -0.05) is 29.3 Å². The van der Waals surface area contributed by atoms with E-state index in [1.54, 1.807) is 6.07 Å². The molecule has 0 spiro atoms. The van der Waals surface area contributed by atoms with E-state index in [2.05, 4.69) is 0 Å². The standard InChI is InChI=1S/C11H13Cl2NO4S/c1-14(5-4-11(15)16)19(17,18)7-8-2-3-9(12)10(13)6-8/h2-3,6H,4-5,7H2,1H3,(H,15,16). The van der Waals surface area contributed by atoms with Crippen LogP contribution >= 0.6 is 23.2 Å². The van der Waals surface area contributed by atoms with Gasteiger partial charge in [0.25, 0.3) is 0 Å². The summed E-state index contributed by atoms with van der Waals surface area (Å²) in [6.07, 6.45) is -0.239. The Labute approximate surface area is 121 Å². The molecule has 19 heavy (non-hydrogen) atoms. The van der Waals surface area contributed by atoms with Crippen LogP contribution in [0, 0.1) is 0 Å². The van der Waals surface area contributed by atoms with Gasteiger partial charge in [0.15, 0.2) is 0 Å². The fourth-order valence-electron chi connectivity index (χ4n) is 1.34. The summed E-state index contributed by atoms with van der Waals surface area (Å²) in [4.78, 5) is 10.4. The highest BCUT2D eigenvalue weighted by atomic mass is 35.5. The number of nitrogens with zero attached hydrogens (tertiary/aromatic N) is 1. The maximum atomic E-state index is 12.0. The van der Waals surface area contributed by atoms with Crippen LogP contribution in [-0.4, -0.2) is 37.4 Å². The lowest BCUT2D eigenvalue weighted by Gasteiger charge is -2.16. The topological polar surface area (TPSA) is 74.7 Å². The summed E-state index contributed by atoms with van der Waals surface area (Å²) in [7, 11) is -2.23. The highest BCUT2D eigenvalue weighted by Gasteiger charge is 2.19. The molecule has 0 saturated heterocycles. The number of carboxylic acids is 1. The number of benzene rings is 1. The molecule has 0 atom stereocenters. The van der Waals surface area contributed by atoms with Gasteiger partial charge in [-0.3, -0.25) is 4.79 Å². The summed E-state index contributed by atoms with van der Waals surface area (Å²) in [5.41, 5.74) is 0.497. The predicted molar refractivity (Wildman–Crippen MR) is 74.0 cm³/mol. The molecule has 0 fully saturated rings. The fourth-order valence-corrected chi connectivity index (χ4v) is 2.85. The lowest BCUT2D eigenvalue weighted by Crippen LogP contribution is -2.30. The third-order valence-electron chi connectivity index (χ3n) is 2.45. The average Bonchev–Trinajstić information content (AvgIpc) is 2.30. The Morgan fingerprint density at radius 1 is 1.32 bits per heavy atom. The van der Waals surface area contributed by atoms with Crippen molar-refractivity contribution in [2.24, 2.45) is 0 Å². The number of rotatable bonds is 6. The maximum Gasteiger partial charge on any atom is 0.304 e. The monoisotopic (exact) mass is 325 g/mol. The Morgan fingerprint density at radius 2 is 1.95 bits per heavy atom. The van der Waals surface area contributed by atoms with E-state index in [9.17, 15) is 13.2 Å². The molecule has 0 aromatic heterocycles. The molecule has 0 aliphatic rings. The molecule has 0 unspecified atom stereocenters. The Hall–Kier alpha value is -0.820. The summed E-state index contributed by atoms with van der Waals surface area (Å²) < 4.78 is 24.9. The van der Waals surface area contributed by atoms with Gasteiger partial charge >= 0.3 is 5.97 Å². The van der Waals surface area contributed by atoms with Crippen LogP contribution in [0.15, 0.2) is 18.2 Å². The molecule has 0 aliphatic carbocycles. The summed E-state index contributed by atoms with van der Waals surface area (Å²) in [5, 5.41) is 9.16. The molecular formula is C11H13Cl2NO4S. The third kappa shape index (κ3) is 4.99. The Bertz CT molecular complexity index is 574. The lowest BCUT2D eigenvalue weighted by molar-refractivity contribution is -0.137. The van der Waals surface area contributed by atoms with E-state index in [1.165, 1.54) is 19.2 Å². The van der Waals surface area contributed by atoms with Crippen LogP contribution in [-0.2, 0) is 20.6 Å². The van der Waals surface area contributed by atoms with Gasteiger partial charge in [-0.2, -0.15) is 0 Å². The molecule has 0 amide bonds. The highest BCUT2D eigenvalue weighted by Crippen LogP contribution is 2.23. The number of sulfonamides is 1. The molecule has 5 nitrogen and oxygen atoms in total. The average molecular weight is 326 g/mol. The lowest BCUT2D eigenvalue weighted by atomic mass is 10.2. The number of aliphatic carboxylic acids is 1. The molecule has 0 radical (unpaired) electrons. The Balaban J connectivity index is 2.78. The van der Waals surface area contributed by atoms with E-state index in [4.69, 9.17) is 28.3 Å². The molecule has 1 aromatic rings. The van der Waals surface area contributed by atoms with Crippen molar-refractivity contribution >= 4 is 39.2 Å². The Morgan fingerprint density at radius 3 is 2.47 bits per heavy atom. The first-order valence-corrected chi connectivity index (χ1v) is 7.68. The van der Waals surface area contributed by atoms with Crippen molar-refractivity contribution < 1.29 is 18.3 Å². The van der Waals surface area contributed by atoms with E-state index in [1.807, 2.05) is 0 Å². The van der Waals surface area contributed by atoms with Crippen LogP contribution in [0.4, 0.5) is 0 Å². The second-order valence-electron chi connectivity index (χ2n) is 3.97. The minimum Gasteiger partial charge on any atom is -0.481 e.